The molecule has 2 aromatic rings. The van der Waals surface area contributed by atoms with E-state index in [9.17, 15) is 5.26 Å². The highest BCUT2D eigenvalue weighted by Crippen LogP contribution is 2.54. The lowest BCUT2D eigenvalue weighted by molar-refractivity contribution is 0.425. The molecule has 0 saturated carbocycles. The van der Waals surface area contributed by atoms with Crippen LogP contribution in [0.3, 0.4) is 0 Å². The molecule has 0 unspecified atom stereocenters. The first kappa shape index (κ1) is 19.7. The lowest BCUT2D eigenvalue weighted by Crippen LogP contribution is -2.25. The summed E-state index contributed by atoms with van der Waals surface area (Å²) >= 11 is 0. The van der Waals surface area contributed by atoms with E-state index in [1.807, 2.05) is 0 Å². The fourth-order valence-electron chi connectivity index (χ4n) is 4.82. The van der Waals surface area contributed by atoms with E-state index in [4.69, 9.17) is 0 Å². The van der Waals surface area contributed by atoms with Gasteiger partial charge in [-0.2, -0.15) is 5.26 Å². The Kier molecular flexibility index (Phi) is 6.38. The molecule has 142 valence electrons. The second-order valence-electron chi connectivity index (χ2n) is 8.02. The summed E-state index contributed by atoms with van der Waals surface area (Å²) in [6.45, 7) is 6.74. The minimum Gasteiger partial charge on any atom is -0.198 e. The molecule has 2 aromatic carbocycles. The molecule has 1 aliphatic rings. The van der Waals surface area contributed by atoms with Crippen LogP contribution in [0, 0.1) is 11.3 Å². The summed E-state index contributed by atoms with van der Waals surface area (Å²) in [5.41, 5.74) is 8.61. The Balaban J connectivity index is 2.14. The van der Waals surface area contributed by atoms with Crippen molar-refractivity contribution < 1.29 is 0 Å². The van der Waals surface area contributed by atoms with Crippen molar-refractivity contribution in [2.45, 2.75) is 84.0 Å². The second kappa shape index (κ2) is 8.75. The van der Waals surface area contributed by atoms with Gasteiger partial charge in [0.25, 0.3) is 0 Å². The van der Waals surface area contributed by atoms with Crippen molar-refractivity contribution in [3.05, 3.63) is 58.7 Å². The van der Waals surface area contributed by atoms with Crippen LogP contribution in [0.4, 0.5) is 0 Å². The highest BCUT2D eigenvalue weighted by atomic mass is 14.4. The summed E-state index contributed by atoms with van der Waals surface area (Å²) in [6.07, 6.45) is 9.95. The third-order valence-electron chi connectivity index (χ3n) is 6.43. The molecule has 0 amide bonds. The number of benzene rings is 2. The summed E-state index contributed by atoms with van der Waals surface area (Å²) in [5, 5.41) is 9.40. The van der Waals surface area contributed by atoms with Crippen molar-refractivity contribution in [2.24, 2.45) is 0 Å². The molecule has 0 bridgehead atoms. The van der Waals surface area contributed by atoms with Crippen molar-refractivity contribution in [2.75, 3.05) is 0 Å². The quantitative estimate of drug-likeness (QED) is 0.429. The van der Waals surface area contributed by atoms with Crippen LogP contribution in [0.15, 0.2) is 36.4 Å². The third kappa shape index (κ3) is 3.68. The number of unbranched alkanes of at least 4 members (excludes halogenated alkanes) is 3. The van der Waals surface area contributed by atoms with Crippen molar-refractivity contribution >= 4 is 0 Å². The third-order valence-corrected chi connectivity index (χ3v) is 6.43. The molecule has 1 heteroatoms. The smallest absolute Gasteiger partial charge is 0.0622 e. The van der Waals surface area contributed by atoms with E-state index in [1.165, 1.54) is 59.1 Å². The monoisotopic (exact) mass is 359 g/mol. The number of fused-ring (bicyclic) bond motifs is 3. The van der Waals surface area contributed by atoms with Crippen LogP contribution in [0.5, 0.6) is 0 Å². The van der Waals surface area contributed by atoms with Gasteiger partial charge in [-0.25, -0.2) is 0 Å². The first-order valence-electron chi connectivity index (χ1n) is 10.8. The molecular weight excluding hydrogens is 326 g/mol. The van der Waals surface area contributed by atoms with Crippen molar-refractivity contribution in [1.82, 2.24) is 0 Å². The molecule has 0 spiro atoms. The maximum absolute atomic E-state index is 9.40. The van der Waals surface area contributed by atoms with Gasteiger partial charge in [0.1, 0.15) is 0 Å². The molecule has 0 aliphatic heterocycles. The van der Waals surface area contributed by atoms with Gasteiger partial charge in [0.15, 0.2) is 0 Å². The van der Waals surface area contributed by atoms with Crippen LogP contribution in [0.25, 0.3) is 11.1 Å². The van der Waals surface area contributed by atoms with Gasteiger partial charge in [0, 0.05) is 11.8 Å². The van der Waals surface area contributed by atoms with E-state index in [0.29, 0.717) is 6.42 Å². The van der Waals surface area contributed by atoms with Crippen molar-refractivity contribution in [3.8, 4) is 17.2 Å². The zero-order valence-corrected chi connectivity index (χ0v) is 17.3. The van der Waals surface area contributed by atoms with E-state index in [2.05, 4.69) is 63.2 Å². The normalized spacial score (nSPS) is 13.9. The minimum absolute atomic E-state index is 0.0184. The van der Waals surface area contributed by atoms with Crippen LogP contribution in [0.2, 0.25) is 0 Å². The Morgan fingerprint density at radius 2 is 1.37 bits per heavy atom. The van der Waals surface area contributed by atoms with Crippen LogP contribution in [-0.2, 0) is 18.3 Å². The topological polar surface area (TPSA) is 23.8 Å². The Hall–Kier alpha value is -2.07. The van der Waals surface area contributed by atoms with Gasteiger partial charge in [-0.1, -0.05) is 82.9 Å². The van der Waals surface area contributed by atoms with Crippen molar-refractivity contribution in [1.29, 1.82) is 5.26 Å². The Bertz CT molecular complexity index is 771. The largest absolute Gasteiger partial charge is 0.198 e. The number of rotatable bonds is 9. The van der Waals surface area contributed by atoms with Crippen LogP contribution < -0.4 is 0 Å². The number of nitrogens with zero attached hydrogens (tertiary/aromatic N) is 1. The highest BCUT2D eigenvalue weighted by Gasteiger charge is 2.42. The van der Waals surface area contributed by atoms with Crippen molar-refractivity contribution in [3.63, 3.8) is 0 Å². The molecule has 3 rings (SSSR count). The number of aryl methyl sites for hydroxylation is 2. The maximum Gasteiger partial charge on any atom is 0.0622 e. The predicted molar refractivity (Wildman–Crippen MR) is 115 cm³/mol. The summed E-state index contributed by atoms with van der Waals surface area (Å²) in [4.78, 5) is 0. The lowest BCUT2D eigenvalue weighted by atomic mass is 9.70. The molecule has 0 heterocycles. The summed E-state index contributed by atoms with van der Waals surface area (Å²) in [5.74, 6) is 0. The SMILES string of the molecule is CCCCCCC1(CCC#N)c2cc(CC)ccc2-c2ccc(CC)cc21. The zero-order chi connectivity index (χ0) is 19.3. The molecule has 0 aromatic heterocycles. The van der Waals surface area contributed by atoms with E-state index < -0.39 is 0 Å². The molecule has 0 fully saturated rings. The van der Waals surface area contributed by atoms with E-state index in [1.54, 1.807) is 0 Å². The highest BCUT2D eigenvalue weighted by molar-refractivity contribution is 5.81. The number of hydrogen-bond donors (Lipinski definition) is 0. The summed E-state index contributed by atoms with van der Waals surface area (Å²) in [7, 11) is 0. The van der Waals surface area contributed by atoms with Crippen LogP contribution in [-0.4, -0.2) is 0 Å². The van der Waals surface area contributed by atoms with Gasteiger partial charge < -0.3 is 0 Å². The predicted octanol–water partition coefficient (Wildman–Crippen LogP) is 7.35. The number of hydrogen-bond acceptors (Lipinski definition) is 1. The van der Waals surface area contributed by atoms with E-state index in [-0.39, 0.29) is 5.41 Å². The Labute approximate surface area is 165 Å². The fraction of sp³-hybridized carbons (Fsp3) is 0.500. The summed E-state index contributed by atoms with van der Waals surface area (Å²) < 4.78 is 0. The molecule has 27 heavy (non-hydrogen) atoms. The van der Waals surface area contributed by atoms with Gasteiger partial charge in [0.2, 0.25) is 0 Å². The lowest BCUT2D eigenvalue weighted by Gasteiger charge is -2.32. The minimum atomic E-state index is 0.0184. The first-order valence-corrected chi connectivity index (χ1v) is 10.8. The average molecular weight is 360 g/mol. The van der Waals surface area contributed by atoms with Crippen LogP contribution >= 0.6 is 0 Å². The van der Waals surface area contributed by atoms with Crippen LogP contribution in [0.1, 0.15) is 88.0 Å². The standard InChI is InChI=1S/C26H33N/c1-4-7-8-9-15-26(16-10-17-27)24-18-20(5-2)11-13-22(24)23-14-12-21(6-3)19-25(23)26/h11-14,18-19H,4-10,15-16H2,1-3H3. The molecule has 0 atom stereocenters. The molecule has 0 N–H and O–H groups in total. The van der Waals surface area contributed by atoms with Gasteiger partial charge in [-0.3, -0.25) is 0 Å². The average Bonchev–Trinajstić information content (AvgIpc) is 2.98. The van der Waals surface area contributed by atoms with Gasteiger partial charge in [-0.05, 0) is 59.1 Å². The molecule has 1 nitrogen and oxygen atoms in total. The molecule has 0 radical (unpaired) electrons. The van der Waals surface area contributed by atoms with Gasteiger partial charge in [0.05, 0.1) is 6.07 Å². The Morgan fingerprint density at radius 1 is 0.778 bits per heavy atom. The Morgan fingerprint density at radius 3 is 1.85 bits per heavy atom. The molecular formula is C26H33N. The number of nitriles is 1. The van der Waals surface area contributed by atoms with E-state index >= 15 is 0 Å². The fourth-order valence-corrected chi connectivity index (χ4v) is 4.82. The van der Waals surface area contributed by atoms with Gasteiger partial charge >= 0.3 is 0 Å². The molecule has 1 aliphatic carbocycles. The van der Waals surface area contributed by atoms with E-state index in [0.717, 1.165) is 25.7 Å². The first-order chi connectivity index (χ1) is 13.2. The molecule has 0 saturated heterocycles. The summed E-state index contributed by atoms with van der Waals surface area (Å²) in [6, 6.07) is 16.6. The maximum atomic E-state index is 9.40. The zero-order valence-electron chi connectivity index (χ0n) is 17.3. The van der Waals surface area contributed by atoms with Gasteiger partial charge in [-0.15, -0.1) is 0 Å². The second-order valence-corrected chi connectivity index (χ2v) is 8.02.